The Hall–Kier alpha value is -2.54. The van der Waals surface area contributed by atoms with Crippen molar-refractivity contribution in [1.82, 2.24) is 10.1 Å². The molecule has 0 spiro atoms. The van der Waals surface area contributed by atoms with Gasteiger partial charge in [-0.1, -0.05) is 11.2 Å². The van der Waals surface area contributed by atoms with Crippen LogP contribution < -0.4 is 14.8 Å². The molecule has 2 aromatic rings. The second-order valence-electron chi connectivity index (χ2n) is 6.76. The fourth-order valence-corrected chi connectivity index (χ4v) is 3.57. The quantitative estimate of drug-likeness (QED) is 0.907. The lowest BCUT2D eigenvalue weighted by Crippen LogP contribution is -2.33. The van der Waals surface area contributed by atoms with Gasteiger partial charge in [0.2, 0.25) is 5.91 Å². The molecular weight excluding hydrogens is 334 g/mol. The second-order valence-corrected chi connectivity index (χ2v) is 6.76. The minimum Gasteiger partial charge on any atom is -0.490 e. The smallest absolute Gasteiger partial charge is 0.239 e. The standard InChI is InChI=1S/C19H23N3O4/c1-13-10-18(21-26-13)20-19(23)12-22-7-2-4-15(22)14-5-6-16-17(11-14)25-9-3-8-24-16/h5-6,10-11,15H,2-4,7-9,12H2,1H3,(H,20,21,23). The van der Waals surface area contributed by atoms with Crippen LogP contribution in [-0.2, 0) is 4.79 Å². The van der Waals surface area contributed by atoms with Crippen molar-refractivity contribution in [3.63, 3.8) is 0 Å². The lowest BCUT2D eigenvalue weighted by atomic mass is 10.0. The van der Waals surface area contributed by atoms with Crippen molar-refractivity contribution in [3.05, 3.63) is 35.6 Å². The molecule has 3 heterocycles. The van der Waals surface area contributed by atoms with E-state index < -0.39 is 0 Å². The molecule has 2 aliphatic heterocycles. The number of fused-ring (bicyclic) bond motifs is 1. The summed E-state index contributed by atoms with van der Waals surface area (Å²) in [7, 11) is 0. The molecule has 138 valence electrons. The number of carbonyl (C=O) groups excluding carboxylic acids is 1. The van der Waals surface area contributed by atoms with Gasteiger partial charge in [-0.15, -0.1) is 0 Å². The third-order valence-corrected chi connectivity index (χ3v) is 4.76. The van der Waals surface area contributed by atoms with Crippen LogP contribution in [0.1, 0.15) is 36.6 Å². The molecule has 1 amide bonds. The van der Waals surface area contributed by atoms with Crippen molar-refractivity contribution in [2.75, 3.05) is 31.6 Å². The van der Waals surface area contributed by atoms with Crippen LogP contribution in [0, 0.1) is 6.92 Å². The van der Waals surface area contributed by atoms with Gasteiger partial charge in [-0.3, -0.25) is 9.69 Å². The Morgan fingerprint density at radius 1 is 1.23 bits per heavy atom. The highest BCUT2D eigenvalue weighted by atomic mass is 16.5. The summed E-state index contributed by atoms with van der Waals surface area (Å²) in [5, 5.41) is 6.60. The van der Waals surface area contributed by atoms with Gasteiger partial charge < -0.3 is 19.3 Å². The lowest BCUT2D eigenvalue weighted by molar-refractivity contribution is -0.117. The zero-order chi connectivity index (χ0) is 17.9. The molecule has 26 heavy (non-hydrogen) atoms. The maximum Gasteiger partial charge on any atom is 0.239 e. The van der Waals surface area contributed by atoms with Crippen molar-refractivity contribution in [3.8, 4) is 11.5 Å². The van der Waals surface area contributed by atoms with E-state index in [9.17, 15) is 4.79 Å². The Morgan fingerprint density at radius 2 is 2.08 bits per heavy atom. The number of hydrogen-bond acceptors (Lipinski definition) is 6. The normalized spacial score (nSPS) is 20.0. The molecule has 1 unspecified atom stereocenters. The largest absolute Gasteiger partial charge is 0.490 e. The minimum absolute atomic E-state index is 0.0838. The summed E-state index contributed by atoms with van der Waals surface area (Å²) < 4.78 is 16.5. The fourth-order valence-electron chi connectivity index (χ4n) is 3.57. The first-order valence-corrected chi connectivity index (χ1v) is 9.06. The molecule has 1 fully saturated rings. The Labute approximate surface area is 152 Å². The van der Waals surface area contributed by atoms with Crippen molar-refractivity contribution < 1.29 is 18.8 Å². The molecule has 0 bridgehead atoms. The number of ether oxygens (including phenoxy) is 2. The van der Waals surface area contributed by atoms with Crippen LogP contribution >= 0.6 is 0 Å². The van der Waals surface area contributed by atoms with Crippen LogP contribution in [0.2, 0.25) is 0 Å². The number of likely N-dealkylation sites (tertiary alicyclic amines) is 1. The summed E-state index contributed by atoms with van der Waals surface area (Å²) in [5.74, 6) is 2.65. The van der Waals surface area contributed by atoms with E-state index in [2.05, 4.69) is 27.5 Å². The van der Waals surface area contributed by atoms with Gasteiger partial charge in [0.1, 0.15) is 5.76 Å². The maximum absolute atomic E-state index is 12.4. The molecule has 1 aromatic heterocycles. The Morgan fingerprint density at radius 3 is 2.88 bits per heavy atom. The number of aromatic nitrogens is 1. The molecule has 1 saturated heterocycles. The first-order chi connectivity index (χ1) is 12.7. The lowest BCUT2D eigenvalue weighted by Gasteiger charge is -2.24. The van der Waals surface area contributed by atoms with Crippen molar-refractivity contribution in [2.24, 2.45) is 0 Å². The number of carbonyl (C=O) groups is 1. The van der Waals surface area contributed by atoms with Gasteiger partial charge in [-0.25, -0.2) is 0 Å². The van der Waals surface area contributed by atoms with E-state index in [-0.39, 0.29) is 11.9 Å². The molecule has 7 nitrogen and oxygen atoms in total. The Bertz CT molecular complexity index is 789. The number of nitrogens with one attached hydrogen (secondary N) is 1. The molecule has 1 atom stereocenters. The highest BCUT2D eigenvalue weighted by molar-refractivity contribution is 5.91. The summed E-state index contributed by atoms with van der Waals surface area (Å²) in [5.41, 5.74) is 1.16. The van der Waals surface area contributed by atoms with E-state index >= 15 is 0 Å². The number of hydrogen-bond donors (Lipinski definition) is 1. The molecule has 7 heteroatoms. The Kier molecular flexibility index (Phi) is 4.79. The minimum atomic E-state index is -0.0838. The van der Waals surface area contributed by atoms with Gasteiger partial charge in [-0.05, 0) is 44.0 Å². The average molecular weight is 357 g/mol. The van der Waals surface area contributed by atoms with Crippen LogP contribution in [0.4, 0.5) is 5.82 Å². The van der Waals surface area contributed by atoms with Crippen LogP contribution in [-0.4, -0.2) is 42.3 Å². The highest BCUT2D eigenvalue weighted by Crippen LogP contribution is 2.37. The maximum atomic E-state index is 12.4. The van der Waals surface area contributed by atoms with Crippen LogP contribution in [0.3, 0.4) is 0 Å². The van der Waals surface area contributed by atoms with E-state index in [1.54, 1.807) is 13.0 Å². The predicted octanol–water partition coefficient (Wildman–Crippen LogP) is 2.92. The van der Waals surface area contributed by atoms with E-state index in [1.807, 2.05) is 6.07 Å². The van der Waals surface area contributed by atoms with Gasteiger partial charge in [0.05, 0.1) is 19.8 Å². The number of nitrogens with zero attached hydrogens (tertiary/aromatic N) is 2. The monoisotopic (exact) mass is 357 g/mol. The van der Waals surface area contributed by atoms with Crippen molar-refractivity contribution >= 4 is 11.7 Å². The van der Waals surface area contributed by atoms with E-state index in [1.165, 1.54) is 0 Å². The van der Waals surface area contributed by atoms with Crippen LogP contribution in [0.5, 0.6) is 11.5 Å². The third-order valence-electron chi connectivity index (χ3n) is 4.76. The summed E-state index contributed by atoms with van der Waals surface area (Å²) >= 11 is 0. The molecule has 0 aliphatic carbocycles. The molecule has 1 N–H and O–H groups in total. The third kappa shape index (κ3) is 3.67. The summed E-state index contributed by atoms with van der Waals surface area (Å²) in [6.07, 6.45) is 2.98. The first kappa shape index (κ1) is 16.9. The number of anilines is 1. The molecular formula is C19H23N3O4. The van der Waals surface area contributed by atoms with E-state index in [4.69, 9.17) is 14.0 Å². The SMILES string of the molecule is Cc1cc(NC(=O)CN2CCCC2c2ccc3c(c2)OCCCO3)no1. The molecule has 0 radical (unpaired) electrons. The van der Waals surface area contributed by atoms with Gasteiger partial charge in [0, 0.05) is 18.5 Å². The number of rotatable bonds is 4. The van der Waals surface area contributed by atoms with E-state index in [0.29, 0.717) is 31.3 Å². The summed E-state index contributed by atoms with van der Waals surface area (Å²) in [6, 6.07) is 8.03. The summed E-state index contributed by atoms with van der Waals surface area (Å²) in [4.78, 5) is 14.5. The Balaban J connectivity index is 1.44. The predicted molar refractivity (Wildman–Crippen MR) is 95.5 cm³/mol. The van der Waals surface area contributed by atoms with Gasteiger partial charge >= 0.3 is 0 Å². The number of benzene rings is 1. The van der Waals surface area contributed by atoms with Crippen LogP contribution in [0.15, 0.2) is 28.8 Å². The zero-order valence-corrected chi connectivity index (χ0v) is 14.9. The van der Waals surface area contributed by atoms with Gasteiger partial charge in [-0.2, -0.15) is 0 Å². The molecule has 1 aromatic carbocycles. The van der Waals surface area contributed by atoms with Crippen molar-refractivity contribution in [1.29, 1.82) is 0 Å². The topological polar surface area (TPSA) is 76.8 Å². The van der Waals surface area contributed by atoms with Gasteiger partial charge in [0.15, 0.2) is 17.3 Å². The fraction of sp³-hybridized carbons (Fsp3) is 0.474. The number of aryl methyl sites for hydroxylation is 1. The molecule has 4 rings (SSSR count). The molecule has 0 saturated carbocycles. The summed E-state index contributed by atoms with van der Waals surface area (Å²) in [6.45, 7) is 4.37. The second kappa shape index (κ2) is 7.37. The van der Waals surface area contributed by atoms with Crippen LogP contribution in [0.25, 0.3) is 0 Å². The zero-order valence-electron chi connectivity index (χ0n) is 14.9. The highest BCUT2D eigenvalue weighted by Gasteiger charge is 2.28. The van der Waals surface area contributed by atoms with Gasteiger partial charge in [0.25, 0.3) is 0 Å². The molecule has 2 aliphatic rings. The average Bonchev–Trinajstić information content (AvgIpc) is 3.17. The van der Waals surface area contributed by atoms with Crippen molar-refractivity contribution in [2.45, 2.75) is 32.2 Å². The first-order valence-electron chi connectivity index (χ1n) is 9.06. The van der Waals surface area contributed by atoms with E-state index in [0.717, 1.165) is 42.9 Å². The number of amides is 1.